The van der Waals surface area contributed by atoms with Crippen molar-refractivity contribution in [2.45, 2.75) is 0 Å². The van der Waals surface area contributed by atoms with Gasteiger partial charge in [-0.15, -0.1) is 0 Å². The largest absolute Gasteiger partial charge is 0.232 e. The van der Waals surface area contributed by atoms with Crippen LogP contribution in [0.3, 0.4) is 0 Å². The summed E-state index contributed by atoms with van der Waals surface area (Å²) in [5.41, 5.74) is 3.11. The van der Waals surface area contributed by atoms with E-state index in [-0.39, 0.29) is 0 Å². The molecule has 0 aliphatic carbocycles. The summed E-state index contributed by atoms with van der Waals surface area (Å²) in [4.78, 5) is 0. The van der Waals surface area contributed by atoms with Crippen LogP contribution < -0.4 is 0 Å². The number of hydrogen-bond donors (Lipinski definition) is 0. The predicted octanol–water partition coefficient (Wildman–Crippen LogP) is 3.65. The van der Waals surface area contributed by atoms with Crippen LogP contribution in [0.2, 0.25) is 5.02 Å². The van der Waals surface area contributed by atoms with Gasteiger partial charge in [-0.3, -0.25) is 0 Å². The number of nitrogens with zero attached hydrogens (tertiary/aromatic N) is 2. The van der Waals surface area contributed by atoms with E-state index in [4.69, 9.17) is 11.6 Å². The van der Waals surface area contributed by atoms with Crippen molar-refractivity contribution in [3.05, 3.63) is 59.8 Å². The maximum Gasteiger partial charge on any atom is 0.0855 e. The molecule has 0 radical (unpaired) electrons. The third-order valence-corrected chi connectivity index (χ3v) is 2.89. The van der Waals surface area contributed by atoms with Crippen LogP contribution in [0.25, 0.3) is 16.8 Å². The summed E-state index contributed by atoms with van der Waals surface area (Å²) in [6.07, 6.45) is 1.76. The summed E-state index contributed by atoms with van der Waals surface area (Å²) in [7, 11) is 0. The van der Waals surface area contributed by atoms with Gasteiger partial charge >= 0.3 is 0 Å². The summed E-state index contributed by atoms with van der Waals surface area (Å²) >= 11 is 6.10. The van der Waals surface area contributed by atoms with Crippen molar-refractivity contribution in [1.29, 1.82) is 0 Å². The highest BCUT2D eigenvalue weighted by molar-refractivity contribution is 6.33. The maximum absolute atomic E-state index is 6.10. The zero-order valence-electron chi connectivity index (χ0n) is 8.47. The van der Waals surface area contributed by atoms with E-state index in [1.54, 1.807) is 6.20 Å². The van der Waals surface area contributed by atoms with Crippen LogP contribution in [-0.4, -0.2) is 9.61 Å². The van der Waals surface area contributed by atoms with E-state index in [0.717, 1.165) is 21.8 Å². The Morgan fingerprint density at radius 2 is 1.75 bits per heavy atom. The lowest BCUT2D eigenvalue weighted by atomic mass is 10.1. The molecular weight excluding hydrogens is 220 g/mol. The first-order valence-electron chi connectivity index (χ1n) is 5.04. The summed E-state index contributed by atoms with van der Waals surface area (Å²) in [6.45, 7) is 0. The van der Waals surface area contributed by atoms with Crippen LogP contribution in [0.15, 0.2) is 54.7 Å². The molecule has 2 heterocycles. The lowest BCUT2D eigenvalue weighted by Crippen LogP contribution is -1.93. The van der Waals surface area contributed by atoms with E-state index in [1.807, 2.05) is 40.9 Å². The highest BCUT2D eigenvalue weighted by Crippen LogP contribution is 2.24. The smallest absolute Gasteiger partial charge is 0.0855 e. The van der Waals surface area contributed by atoms with E-state index < -0.39 is 0 Å². The maximum atomic E-state index is 6.10. The van der Waals surface area contributed by atoms with Crippen molar-refractivity contribution < 1.29 is 0 Å². The van der Waals surface area contributed by atoms with Crippen LogP contribution in [0.1, 0.15) is 0 Å². The molecule has 0 spiro atoms. The SMILES string of the molecule is Clc1ccc(-c2ccccc2)n2nccc12. The molecule has 16 heavy (non-hydrogen) atoms. The fraction of sp³-hybridized carbons (Fsp3) is 0. The molecule has 3 rings (SSSR count). The van der Waals surface area contributed by atoms with E-state index in [2.05, 4.69) is 17.2 Å². The van der Waals surface area contributed by atoms with E-state index in [9.17, 15) is 0 Å². The highest BCUT2D eigenvalue weighted by atomic mass is 35.5. The van der Waals surface area contributed by atoms with Gasteiger partial charge in [-0.1, -0.05) is 41.9 Å². The normalized spacial score (nSPS) is 10.8. The molecular formula is C13H9ClN2. The summed E-state index contributed by atoms with van der Waals surface area (Å²) in [6, 6.07) is 15.9. The zero-order chi connectivity index (χ0) is 11.0. The quantitative estimate of drug-likeness (QED) is 0.621. The molecule has 3 aromatic rings. The molecule has 0 N–H and O–H groups in total. The number of rotatable bonds is 1. The fourth-order valence-electron chi connectivity index (χ4n) is 1.81. The number of halogens is 1. The van der Waals surface area contributed by atoms with Gasteiger partial charge in [0.2, 0.25) is 0 Å². The Bertz CT molecular complexity index is 629. The first-order valence-corrected chi connectivity index (χ1v) is 5.42. The summed E-state index contributed by atoms with van der Waals surface area (Å²) in [5, 5.41) is 5.01. The molecule has 1 aromatic carbocycles. The molecule has 0 saturated heterocycles. The molecule has 0 aliphatic rings. The second-order valence-electron chi connectivity index (χ2n) is 3.56. The Labute approximate surface area is 98.1 Å². The van der Waals surface area contributed by atoms with Crippen LogP contribution >= 0.6 is 11.6 Å². The second kappa shape index (κ2) is 3.65. The average molecular weight is 229 g/mol. The van der Waals surface area contributed by atoms with Crippen LogP contribution in [0, 0.1) is 0 Å². The molecule has 0 aliphatic heterocycles. The van der Waals surface area contributed by atoms with Crippen LogP contribution in [-0.2, 0) is 0 Å². The first kappa shape index (κ1) is 9.43. The Hall–Kier alpha value is -1.80. The van der Waals surface area contributed by atoms with Gasteiger partial charge in [-0.05, 0) is 18.2 Å². The number of hydrogen-bond acceptors (Lipinski definition) is 1. The lowest BCUT2D eigenvalue weighted by Gasteiger charge is -2.05. The van der Waals surface area contributed by atoms with Crippen molar-refractivity contribution >= 4 is 17.1 Å². The highest BCUT2D eigenvalue weighted by Gasteiger charge is 2.06. The molecule has 2 aromatic heterocycles. The lowest BCUT2D eigenvalue weighted by molar-refractivity contribution is 0.970. The van der Waals surface area contributed by atoms with Crippen molar-refractivity contribution in [1.82, 2.24) is 9.61 Å². The van der Waals surface area contributed by atoms with Crippen LogP contribution in [0.5, 0.6) is 0 Å². The second-order valence-corrected chi connectivity index (χ2v) is 3.97. The van der Waals surface area contributed by atoms with Crippen LogP contribution in [0.4, 0.5) is 0 Å². The number of fused-ring (bicyclic) bond motifs is 1. The monoisotopic (exact) mass is 228 g/mol. The molecule has 2 nitrogen and oxygen atoms in total. The Morgan fingerprint density at radius 1 is 0.938 bits per heavy atom. The van der Waals surface area contributed by atoms with Crippen molar-refractivity contribution in [2.75, 3.05) is 0 Å². The average Bonchev–Trinajstić information content (AvgIpc) is 2.81. The van der Waals surface area contributed by atoms with E-state index in [1.165, 1.54) is 0 Å². The Morgan fingerprint density at radius 3 is 2.56 bits per heavy atom. The van der Waals surface area contributed by atoms with Gasteiger partial charge in [0, 0.05) is 5.56 Å². The molecule has 0 unspecified atom stereocenters. The minimum Gasteiger partial charge on any atom is -0.232 e. The first-order chi connectivity index (χ1) is 7.86. The zero-order valence-corrected chi connectivity index (χ0v) is 9.22. The minimum atomic E-state index is 0.720. The third-order valence-electron chi connectivity index (χ3n) is 2.57. The minimum absolute atomic E-state index is 0.720. The van der Waals surface area contributed by atoms with Crippen molar-refractivity contribution in [3.8, 4) is 11.3 Å². The summed E-state index contributed by atoms with van der Waals surface area (Å²) < 4.78 is 1.86. The number of pyridine rings is 1. The van der Waals surface area contributed by atoms with Gasteiger partial charge in [0.15, 0.2) is 0 Å². The molecule has 3 heteroatoms. The molecule has 78 valence electrons. The van der Waals surface area contributed by atoms with E-state index >= 15 is 0 Å². The molecule has 0 bridgehead atoms. The molecule has 0 saturated carbocycles. The Kier molecular flexibility index (Phi) is 2.15. The molecule has 0 amide bonds. The number of aromatic nitrogens is 2. The molecule has 0 fully saturated rings. The predicted molar refractivity (Wildman–Crippen MR) is 65.6 cm³/mol. The van der Waals surface area contributed by atoms with Gasteiger partial charge in [-0.2, -0.15) is 5.10 Å². The van der Waals surface area contributed by atoms with Gasteiger partial charge < -0.3 is 0 Å². The fourth-order valence-corrected chi connectivity index (χ4v) is 2.02. The standard InChI is InChI=1S/C13H9ClN2/c14-11-6-7-12(10-4-2-1-3-5-10)16-13(11)8-9-15-16/h1-9H. The van der Waals surface area contributed by atoms with Gasteiger partial charge in [0.1, 0.15) is 0 Å². The van der Waals surface area contributed by atoms with Gasteiger partial charge in [-0.25, -0.2) is 4.52 Å². The number of benzene rings is 1. The third kappa shape index (κ3) is 1.39. The molecule has 0 atom stereocenters. The van der Waals surface area contributed by atoms with Crippen molar-refractivity contribution in [2.24, 2.45) is 0 Å². The Balaban J connectivity index is 2.33. The topological polar surface area (TPSA) is 17.3 Å². The summed E-state index contributed by atoms with van der Waals surface area (Å²) in [5.74, 6) is 0. The van der Waals surface area contributed by atoms with Gasteiger partial charge in [0.25, 0.3) is 0 Å². The van der Waals surface area contributed by atoms with E-state index in [0.29, 0.717) is 0 Å². The van der Waals surface area contributed by atoms with Gasteiger partial charge in [0.05, 0.1) is 22.4 Å². The van der Waals surface area contributed by atoms with Crippen molar-refractivity contribution in [3.63, 3.8) is 0 Å².